The summed E-state index contributed by atoms with van der Waals surface area (Å²) in [5.74, 6) is 0.730. The van der Waals surface area contributed by atoms with Gasteiger partial charge in [0, 0.05) is 12.1 Å². The summed E-state index contributed by atoms with van der Waals surface area (Å²) in [6, 6.07) is 6.69. The number of carboxylic acids is 1. The molecule has 1 N–H and O–H groups in total. The fourth-order valence-corrected chi connectivity index (χ4v) is 1.85. The molecule has 94 valence electrons. The number of aryl methyl sites for hydroxylation is 1. The van der Waals surface area contributed by atoms with Gasteiger partial charge in [0.05, 0.1) is 5.56 Å². The summed E-state index contributed by atoms with van der Waals surface area (Å²) < 4.78 is 2.04. The molecule has 0 bridgehead atoms. The molecule has 1 aromatic heterocycles. The van der Waals surface area contributed by atoms with Gasteiger partial charge in [0.1, 0.15) is 5.82 Å². The Bertz CT molecular complexity index is 558. The Morgan fingerprint density at radius 1 is 1.28 bits per heavy atom. The second-order valence-electron chi connectivity index (χ2n) is 4.10. The molecule has 18 heavy (non-hydrogen) atoms. The fraction of sp³-hybridized carbons (Fsp3) is 0.308. The topological polar surface area (TPSA) is 68.0 Å². The Morgan fingerprint density at radius 3 is 2.50 bits per heavy atom. The minimum atomic E-state index is -0.923. The van der Waals surface area contributed by atoms with Crippen LogP contribution in [-0.4, -0.2) is 25.8 Å². The van der Waals surface area contributed by atoms with Crippen LogP contribution in [0.15, 0.2) is 24.3 Å². The lowest BCUT2D eigenvalue weighted by Gasteiger charge is -2.07. The van der Waals surface area contributed by atoms with Gasteiger partial charge in [0.2, 0.25) is 0 Å². The molecule has 0 aliphatic carbocycles. The van der Waals surface area contributed by atoms with E-state index < -0.39 is 5.97 Å². The van der Waals surface area contributed by atoms with Crippen LogP contribution in [0.3, 0.4) is 0 Å². The quantitative estimate of drug-likeness (QED) is 0.897. The molecule has 0 spiro atoms. The second-order valence-corrected chi connectivity index (χ2v) is 4.10. The summed E-state index contributed by atoms with van der Waals surface area (Å²) in [6.07, 6.45) is 0.999. The largest absolute Gasteiger partial charge is 0.478 e. The number of carbonyl (C=O) groups is 1. The summed E-state index contributed by atoms with van der Waals surface area (Å²) in [6.45, 7) is 4.86. The molecule has 0 aliphatic rings. The molecule has 0 atom stereocenters. The minimum absolute atomic E-state index is 0.275. The maximum Gasteiger partial charge on any atom is 0.335 e. The maximum absolute atomic E-state index is 10.8. The number of rotatable bonds is 4. The van der Waals surface area contributed by atoms with Crippen LogP contribution in [0.5, 0.6) is 0 Å². The fourth-order valence-electron chi connectivity index (χ4n) is 1.85. The first-order chi connectivity index (χ1) is 8.63. The van der Waals surface area contributed by atoms with Crippen molar-refractivity contribution in [2.45, 2.75) is 26.8 Å². The highest BCUT2D eigenvalue weighted by Crippen LogP contribution is 2.19. The molecule has 2 rings (SSSR count). The van der Waals surface area contributed by atoms with Crippen molar-refractivity contribution in [3.8, 4) is 11.4 Å². The molecule has 0 radical (unpaired) electrons. The lowest BCUT2D eigenvalue weighted by atomic mass is 10.1. The van der Waals surface area contributed by atoms with Crippen LogP contribution in [-0.2, 0) is 6.54 Å². The summed E-state index contributed by atoms with van der Waals surface area (Å²) in [5.41, 5.74) is 1.16. The van der Waals surface area contributed by atoms with Crippen LogP contribution in [0.2, 0.25) is 0 Å². The molecule has 0 amide bonds. The van der Waals surface area contributed by atoms with E-state index >= 15 is 0 Å². The van der Waals surface area contributed by atoms with Gasteiger partial charge in [-0.1, -0.05) is 19.1 Å². The monoisotopic (exact) mass is 245 g/mol. The smallest absolute Gasteiger partial charge is 0.335 e. The third-order valence-electron chi connectivity index (χ3n) is 2.77. The van der Waals surface area contributed by atoms with Gasteiger partial charge in [0.25, 0.3) is 0 Å². The number of benzene rings is 1. The van der Waals surface area contributed by atoms with Crippen molar-refractivity contribution in [1.29, 1.82) is 0 Å². The first-order valence-corrected chi connectivity index (χ1v) is 5.87. The summed E-state index contributed by atoms with van der Waals surface area (Å²) >= 11 is 0. The molecule has 1 heterocycles. The molecule has 1 aromatic carbocycles. The number of aromatic nitrogens is 3. The van der Waals surface area contributed by atoms with Gasteiger partial charge in [-0.05, 0) is 25.5 Å². The van der Waals surface area contributed by atoms with Crippen LogP contribution in [0.1, 0.15) is 29.5 Å². The van der Waals surface area contributed by atoms with Gasteiger partial charge >= 0.3 is 5.97 Å². The average molecular weight is 245 g/mol. The van der Waals surface area contributed by atoms with Crippen molar-refractivity contribution in [1.82, 2.24) is 14.8 Å². The molecule has 5 nitrogen and oxygen atoms in total. The van der Waals surface area contributed by atoms with E-state index in [9.17, 15) is 4.79 Å². The summed E-state index contributed by atoms with van der Waals surface area (Å²) in [4.78, 5) is 10.8. The number of nitrogens with zero attached hydrogens (tertiary/aromatic N) is 3. The van der Waals surface area contributed by atoms with E-state index in [1.165, 1.54) is 0 Å². The standard InChI is InChI=1S/C13H15N3O2/c1-3-8-16-9(2)14-15-12(16)10-4-6-11(7-5-10)13(17)18/h4-7H,3,8H2,1-2H3,(H,17,18). The van der Waals surface area contributed by atoms with Crippen LogP contribution >= 0.6 is 0 Å². The normalized spacial score (nSPS) is 10.6. The highest BCUT2D eigenvalue weighted by Gasteiger charge is 2.11. The van der Waals surface area contributed by atoms with Crippen molar-refractivity contribution in [2.24, 2.45) is 0 Å². The van der Waals surface area contributed by atoms with E-state index in [4.69, 9.17) is 5.11 Å². The molecule has 0 saturated heterocycles. The summed E-state index contributed by atoms with van der Waals surface area (Å²) in [5, 5.41) is 17.1. The van der Waals surface area contributed by atoms with Gasteiger partial charge in [-0.25, -0.2) is 4.79 Å². The predicted octanol–water partition coefficient (Wildman–Crippen LogP) is 2.36. The average Bonchev–Trinajstić information content (AvgIpc) is 2.72. The third-order valence-corrected chi connectivity index (χ3v) is 2.77. The first-order valence-electron chi connectivity index (χ1n) is 5.87. The van der Waals surface area contributed by atoms with Crippen LogP contribution < -0.4 is 0 Å². The molecule has 0 saturated carbocycles. The Morgan fingerprint density at radius 2 is 1.94 bits per heavy atom. The molecule has 0 aliphatic heterocycles. The maximum atomic E-state index is 10.8. The molecule has 5 heteroatoms. The highest BCUT2D eigenvalue weighted by molar-refractivity contribution is 5.88. The summed E-state index contributed by atoms with van der Waals surface area (Å²) in [7, 11) is 0. The van der Waals surface area contributed by atoms with Crippen molar-refractivity contribution in [3.63, 3.8) is 0 Å². The zero-order chi connectivity index (χ0) is 13.1. The Kier molecular flexibility index (Phi) is 3.41. The Balaban J connectivity index is 2.39. The van der Waals surface area contributed by atoms with E-state index in [0.29, 0.717) is 0 Å². The van der Waals surface area contributed by atoms with Crippen LogP contribution in [0, 0.1) is 6.92 Å². The molecule has 0 fully saturated rings. The number of hydrogen-bond acceptors (Lipinski definition) is 3. The third kappa shape index (κ3) is 2.25. The van der Waals surface area contributed by atoms with E-state index in [0.717, 1.165) is 30.2 Å². The molecule has 2 aromatic rings. The number of carboxylic acid groups (broad SMARTS) is 1. The minimum Gasteiger partial charge on any atom is -0.478 e. The van der Waals surface area contributed by atoms with Crippen molar-refractivity contribution >= 4 is 5.97 Å². The SMILES string of the molecule is CCCn1c(C)nnc1-c1ccc(C(=O)O)cc1. The van der Waals surface area contributed by atoms with Crippen molar-refractivity contribution in [2.75, 3.05) is 0 Å². The van der Waals surface area contributed by atoms with E-state index in [2.05, 4.69) is 17.1 Å². The predicted molar refractivity (Wildman–Crippen MR) is 67.4 cm³/mol. The highest BCUT2D eigenvalue weighted by atomic mass is 16.4. The van der Waals surface area contributed by atoms with Crippen molar-refractivity contribution in [3.05, 3.63) is 35.7 Å². The molecular formula is C13H15N3O2. The first kappa shape index (κ1) is 12.3. The van der Waals surface area contributed by atoms with Crippen LogP contribution in [0.4, 0.5) is 0 Å². The van der Waals surface area contributed by atoms with Gasteiger partial charge in [-0.3, -0.25) is 0 Å². The van der Waals surface area contributed by atoms with E-state index in [-0.39, 0.29) is 5.56 Å². The Labute approximate surface area is 105 Å². The molecular weight excluding hydrogens is 230 g/mol. The lowest BCUT2D eigenvalue weighted by molar-refractivity contribution is 0.0697. The zero-order valence-electron chi connectivity index (χ0n) is 10.4. The number of hydrogen-bond donors (Lipinski definition) is 1. The lowest BCUT2D eigenvalue weighted by Crippen LogP contribution is -2.02. The Hall–Kier alpha value is -2.17. The van der Waals surface area contributed by atoms with E-state index in [1.54, 1.807) is 24.3 Å². The molecule has 0 unspecified atom stereocenters. The second kappa shape index (κ2) is 5.00. The van der Waals surface area contributed by atoms with Crippen molar-refractivity contribution < 1.29 is 9.90 Å². The zero-order valence-corrected chi connectivity index (χ0v) is 10.4. The number of aromatic carboxylic acids is 1. The van der Waals surface area contributed by atoms with Crippen LogP contribution in [0.25, 0.3) is 11.4 Å². The van der Waals surface area contributed by atoms with Gasteiger partial charge in [0.15, 0.2) is 5.82 Å². The van der Waals surface area contributed by atoms with E-state index in [1.807, 2.05) is 11.5 Å². The van der Waals surface area contributed by atoms with Gasteiger partial charge in [-0.15, -0.1) is 10.2 Å². The van der Waals surface area contributed by atoms with Gasteiger partial charge < -0.3 is 9.67 Å². The van der Waals surface area contributed by atoms with Gasteiger partial charge in [-0.2, -0.15) is 0 Å².